The van der Waals surface area contributed by atoms with Gasteiger partial charge in [-0.1, -0.05) is 6.42 Å². The van der Waals surface area contributed by atoms with E-state index in [1.165, 1.54) is 8.99 Å². The monoisotopic (exact) mass is 301 g/mol. The van der Waals surface area contributed by atoms with Gasteiger partial charge in [0.15, 0.2) is 0 Å². The highest BCUT2D eigenvalue weighted by Gasteiger charge is 2.35. The Kier molecular flexibility index (Phi) is 3.88. The number of carboxylic acids is 1. The molecule has 1 heterocycles. The van der Waals surface area contributed by atoms with Gasteiger partial charge in [0.25, 0.3) is 0 Å². The summed E-state index contributed by atoms with van der Waals surface area (Å²) in [5.74, 6) is -1.05. The van der Waals surface area contributed by atoms with E-state index in [-0.39, 0.29) is 17.5 Å². The van der Waals surface area contributed by atoms with Crippen LogP contribution in [-0.2, 0) is 21.4 Å². The number of aryl methyl sites for hydroxylation is 1. The molecule has 1 aliphatic rings. The molecule has 7 nitrogen and oxygen atoms in total. The summed E-state index contributed by atoms with van der Waals surface area (Å²) < 4.78 is 27.9. The molecule has 2 rings (SSSR count). The number of nitrogens with zero attached hydrogens (tertiary/aromatic N) is 3. The van der Waals surface area contributed by atoms with Gasteiger partial charge in [-0.3, -0.25) is 9.48 Å². The van der Waals surface area contributed by atoms with Crippen LogP contribution in [0.15, 0.2) is 4.90 Å². The average Bonchev–Trinajstić information content (AvgIpc) is 2.50. The van der Waals surface area contributed by atoms with E-state index in [1.54, 1.807) is 20.9 Å². The molecule has 0 atom stereocenters. The molecule has 0 radical (unpaired) electrons. The zero-order chi connectivity index (χ0) is 15.1. The molecule has 112 valence electrons. The fourth-order valence-corrected chi connectivity index (χ4v) is 4.21. The van der Waals surface area contributed by atoms with Gasteiger partial charge in [-0.05, 0) is 26.7 Å². The first-order chi connectivity index (χ1) is 9.25. The van der Waals surface area contributed by atoms with E-state index in [0.717, 1.165) is 19.3 Å². The second-order valence-corrected chi connectivity index (χ2v) is 7.09. The van der Waals surface area contributed by atoms with Crippen LogP contribution in [0.3, 0.4) is 0 Å². The van der Waals surface area contributed by atoms with Crippen molar-refractivity contribution < 1.29 is 18.3 Å². The Hall–Kier alpha value is -1.41. The molecule has 1 aromatic rings. The molecule has 0 amide bonds. The average molecular weight is 301 g/mol. The first-order valence-corrected chi connectivity index (χ1v) is 7.93. The van der Waals surface area contributed by atoms with Crippen LogP contribution in [0, 0.1) is 13.8 Å². The Morgan fingerprint density at radius 3 is 2.50 bits per heavy atom. The van der Waals surface area contributed by atoms with E-state index in [1.807, 2.05) is 0 Å². The maximum atomic E-state index is 12.6. The van der Waals surface area contributed by atoms with E-state index in [0.29, 0.717) is 11.4 Å². The van der Waals surface area contributed by atoms with Crippen LogP contribution in [0.4, 0.5) is 0 Å². The topological polar surface area (TPSA) is 92.5 Å². The number of rotatable bonds is 5. The zero-order valence-corrected chi connectivity index (χ0v) is 12.6. The molecule has 1 N–H and O–H groups in total. The summed E-state index contributed by atoms with van der Waals surface area (Å²) in [6.07, 6.45) is 2.79. The second kappa shape index (κ2) is 5.17. The fourth-order valence-electron chi connectivity index (χ4n) is 2.43. The van der Waals surface area contributed by atoms with Gasteiger partial charge < -0.3 is 5.11 Å². The van der Waals surface area contributed by atoms with Gasteiger partial charge in [-0.25, -0.2) is 8.42 Å². The lowest BCUT2D eigenvalue weighted by atomic mass is 9.94. The molecule has 20 heavy (non-hydrogen) atoms. The van der Waals surface area contributed by atoms with Crippen LogP contribution in [0.1, 0.15) is 30.7 Å². The van der Waals surface area contributed by atoms with Crippen molar-refractivity contribution in [2.45, 2.75) is 50.6 Å². The summed E-state index contributed by atoms with van der Waals surface area (Å²) in [5.41, 5.74) is 0.714. The van der Waals surface area contributed by atoms with Crippen molar-refractivity contribution >= 4 is 16.0 Å². The summed E-state index contributed by atoms with van der Waals surface area (Å²) in [5, 5.41) is 12.9. The molecule has 0 spiro atoms. The Morgan fingerprint density at radius 2 is 2.05 bits per heavy atom. The van der Waals surface area contributed by atoms with Crippen molar-refractivity contribution in [2.75, 3.05) is 7.05 Å². The zero-order valence-electron chi connectivity index (χ0n) is 11.8. The van der Waals surface area contributed by atoms with Crippen molar-refractivity contribution in [3.8, 4) is 0 Å². The van der Waals surface area contributed by atoms with Crippen LogP contribution in [0.5, 0.6) is 0 Å². The first-order valence-electron chi connectivity index (χ1n) is 6.49. The van der Waals surface area contributed by atoms with Gasteiger partial charge >= 0.3 is 5.97 Å². The number of carbonyl (C=O) groups is 1. The number of carboxylic acid groups (broad SMARTS) is 1. The van der Waals surface area contributed by atoms with Crippen molar-refractivity contribution in [2.24, 2.45) is 0 Å². The Morgan fingerprint density at radius 1 is 1.45 bits per heavy atom. The minimum Gasteiger partial charge on any atom is -0.480 e. The van der Waals surface area contributed by atoms with Gasteiger partial charge in [-0.2, -0.15) is 9.40 Å². The third-order valence-corrected chi connectivity index (χ3v) is 5.99. The normalized spacial score (nSPS) is 16.4. The number of hydrogen-bond acceptors (Lipinski definition) is 4. The molecule has 0 bridgehead atoms. The largest absolute Gasteiger partial charge is 0.480 e. The minimum atomic E-state index is -3.62. The summed E-state index contributed by atoms with van der Waals surface area (Å²) >= 11 is 0. The number of sulfonamides is 1. The quantitative estimate of drug-likeness (QED) is 0.866. The van der Waals surface area contributed by atoms with Gasteiger partial charge in [-0.15, -0.1) is 0 Å². The molecule has 0 saturated heterocycles. The predicted molar refractivity (Wildman–Crippen MR) is 71.9 cm³/mol. The van der Waals surface area contributed by atoms with Crippen molar-refractivity contribution in [3.63, 3.8) is 0 Å². The van der Waals surface area contributed by atoms with Crippen molar-refractivity contribution in [1.82, 2.24) is 14.1 Å². The maximum Gasteiger partial charge on any atom is 0.325 e. The van der Waals surface area contributed by atoms with E-state index < -0.39 is 16.0 Å². The van der Waals surface area contributed by atoms with E-state index in [2.05, 4.69) is 5.10 Å². The summed E-state index contributed by atoms with van der Waals surface area (Å²) in [7, 11) is -2.04. The van der Waals surface area contributed by atoms with Crippen LogP contribution >= 0.6 is 0 Å². The molecular formula is C12H19N3O4S. The molecule has 1 aromatic heterocycles. The van der Waals surface area contributed by atoms with E-state index >= 15 is 0 Å². The van der Waals surface area contributed by atoms with Crippen LogP contribution < -0.4 is 0 Å². The Labute approximate surface area is 118 Å². The van der Waals surface area contributed by atoms with Crippen LogP contribution in [0.2, 0.25) is 0 Å². The second-order valence-electron chi connectivity index (χ2n) is 5.16. The summed E-state index contributed by atoms with van der Waals surface area (Å²) in [6, 6.07) is 0.0432. The highest BCUT2D eigenvalue weighted by Crippen LogP contribution is 2.30. The SMILES string of the molecule is Cc1nn(CC(=O)O)c(C)c1S(=O)(=O)N(C)C1CCC1. The van der Waals surface area contributed by atoms with Gasteiger partial charge in [0.2, 0.25) is 10.0 Å². The minimum absolute atomic E-state index is 0.0432. The molecular weight excluding hydrogens is 282 g/mol. The van der Waals surface area contributed by atoms with Gasteiger partial charge in [0.05, 0.1) is 11.4 Å². The molecule has 0 aromatic carbocycles. The standard InChI is InChI=1S/C12H19N3O4S/c1-8-12(9(2)15(13-8)7-11(16)17)20(18,19)14(3)10-5-4-6-10/h10H,4-7H2,1-3H3,(H,16,17). The Balaban J connectivity index is 2.41. The predicted octanol–water partition coefficient (Wildman–Crippen LogP) is 0.758. The molecule has 1 aliphatic carbocycles. The first kappa shape index (κ1) is 15.0. The highest BCUT2D eigenvalue weighted by atomic mass is 32.2. The molecule has 0 unspecified atom stereocenters. The van der Waals surface area contributed by atoms with Crippen molar-refractivity contribution in [1.29, 1.82) is 0 Å². The van der Waals surface area contributed by atoms with Crippen LogP contribution in [0.25, 0.3) is 0 Å². The lowest BCUT2D eigenvalue weighted by Gasteiger charge is -2.33. The smallest absolute Gasteiger partial charge is 0.325 e. The third-order valence-electron chi connectivity index (χ3n) is 3.83. The summed E-state index contributed by atoms with van der Waals surface area (Å²) in [4.78, 5) is 10.9. The lowest BCUT2D eigenvalue weighted by molar-refractivity contribution is -0.137. The molecule has 1 fully saturated rings. The number of aromatic nitrogens is 2. The van der Waals surface area contributed by atoms with E-state index in [9.17, 15) is 13.2 Å². The molecule has 8 heteroatoms. The Bertz CT molecular complexity index is 631. The third kappa shape index (κ3) is 2.45. The van der Waals surface area contributed by atoms with Crippen LogP contribution in [-0.4, -0.2) is 46.7 Å². The molecule has 1 saturated carbocycles. The van der Waals surface area contributed by atoms with Crippen molar-refractivity contribution in [3.05, 3.63) is 11.4 Å². The maximum absolute atomic E-state index is 12.6. The number of hydrogen-bond donors (Lipinski definition) is 1. The van der Waals surface area contributed by atoms with Gasteiger partial charge in [0, 0.05) is 13.1 Å². The summed E-state index contributed by atoms with van der Waals surface area (Å²) in [6.45, 7) is 2.84. The fraction of sp³-hybridized carbons (Fsp3) is 0.667. The molecule has 0 aliphatic heterocycles. The number of aliphatic carboxylic acids is 1. The highest BCUT2D eigenvalue weighted by molar-refractivity contribution is 7.89. The van der Waals surface area contributed by atoms with Gasteiger partial charge in [0.1, 0.15) is 11.4 Å². The lowest BCUT2D eigenvalue weighted by Crippen LogP contribution is -2.41. The van der Waals surface area contributed by atoms with E-state index in [4.69, 9.17) is 5.11 Å².